The lowest BCUT2D eigenvalue weighted by Gasteiger charge is -2.27. The first-order valence-electron chi connectivity index (χ1n) is 6.40. The minimum Gasteiger partial charge on any atom is -0.494 e. The van der Waals surface area contributed by atoms with Crippen LogP contribution in [-0.2, 0) is 6.42 Å². The number of ether oxygens (including phenoxy) is 1. The van der Waals surface area contributed by atoms with Crippen molar-refractivity contribution >= 4 is 11.8 Å². The second kappa shape index (κ2) is 6.43. The molecule has 0 saturated carbocycles. The Morgan fingerprint density at radius 1 is 1.50 bits per heavy atom. The van der Waals surface area contributed by atoms with Crippen molar-refractivity contribution in [2.45, 2.75) is 37.0 Å². The van der Waals surface area contributed by atoms with Crippen molar-refractivity contribution in [3.8, 4) is 5.75 Å². The second-order valence-electron chi connectivity index (χ2n) is 4.74. The summed E-state index contributed by atoms with van der Waals surface area (Å²) in [6.45, 7) is 0. The normalized spacial score (nSPS) is 21.6. The summed E-state index contributed by atoms with van der Waals surface area (Å²) in [5, 5.41) is 0.518. The average Bonchev–Trinajstić information content (AvgIpc) is 2.40. The maximum Gasteiger partial charge on any atom is 0.165 e. The fourth-order valence-electron chi connectivity index (χ4n) is 2.34. The third-order valence-electron chi connectivity index (χ3n) is 3.38. The molecule has 1 aromatic carbocycles. The molecule has 1 aromatic rings. The van der Waals surface area contributed by atoms with Crippen LogP contribution in [0.4, 0.5) is 4.39 Å². The smallest absolute Gasteiger partial charge is 0.165 e. The van der Waals surface area contributed by atoms with Gasteiger partial charge in [0.2, 0.25) is 0 Å². The van der Waals surface area contributed by atoms with Crippen LogP contribution in [0.15, 0.2) is 18.2 Å². The molecule has 1 heterocycles. The summed E-state index contributed by atoms with van der Waals surface area (Å²) < 4.78 is 18.5. The van der Waals surface area contributed by atoms with Gasteiger partial charge in [-0.05, 0) is 42.7 Å². The molecule has 0 aliphatic carbocycles. The number of benzene rings is 1. The highest BCUT2D eigenvalue weighted by Gasteiger charge is 2.21. The van der Waals surface area contributed by atoms with E-state index in [9.17, 15) is 4.39 Å². The third kappa shape index (κ3) is 3.39. The largest absolute Gasteiger partial charge is 0.494 e. The standard InChI is InChI=1S/C14H20FNOS/c1-17-13-6-5-10(8-11(13)15)9-12(16)14-4-2-3-7-18-14/h5-6,8,12,14H,2-4,7,9,16H2,1H3. The number of nitrogens with two attached hydrogens (primary N) is 1. The Balaban J connectivity index is 1.97. The molecule has 2 nitrogen and oxygen atoms in total. The van der Waals surface area contributed by atoms with E-state index in [0.29, 0.717) is 11.0 Å². The zero-order valence-corrected chi connectivity index (χ0v) is 11.5. The van der Waals surface area contributed by atoms with Gasteiger partial charge in [-0.1, -0.05) is 12.5 Å². The van der Waals surface area contributed by atoms with Crippen molar-refractivity contribution in [3.63, 3.8) is 0 Å². The molecule has 100 valence electrons. The molecule has 0 spiro atoms. The Hall–Kier alpha value is -0.740. The average molecular weight is 269 g/mol. The van der Waals surface area contributed by atoms with Crippen molar-refractivity contribution in [2.75, 3.05) is 12.9 Å². The minimum atomic E-state index is -0.307. The van der Waals surface area contributed by atoms with Gasteiger partial charge in [0, 0.05) is 11.3 Å². The van der Waals surface area contributed by atoms with Gasteiger partial charge in [-0.3, -0.25) is 0 Å². The molecule has 1 fully saturated rings. The topological polar surface area (TPSA) is 35.2 Å². The van der Waals surface area contributed by atoms with Gasteiger partial charge in [0.15, 0.2) is 11.6 Å². The predicted molar refractivity (Wildman–Crippen MR) is 74.7 cm³/mol. The molecule has 4 heteroatoms. The van der Waals surface area contributed by atoms with E-state index in [-0.39, 0.29) is 11.9 Å². The summed E-state index contributed by atoms with van der Waals surface area (Å²) in [5.41, 5.74) is 7.18. The lowest BCUT2D eigenvalue weighted by molar-refractivity contribution is 0.386. The number of halogens is 1. The van der Waals surface area contributed by atoms with Crippen LogP contribution in [0.5, 0.6) is 5.75 Å². The van der Waals surface area contributed by atoms with E-state index in [4.69, 9.17) is 10.5 Å². The first kappa shape index (κ1) is 13.7. The minimum absolute atomic E-state index is 0.114. The molecule has 1 saturated heterocycles. The molecule has 0 amide bonds. The third-order valence-corrected chi connectivity index (χ3v) is 4.92. The fraction of sp³-hybridized carbons (Fsp3) is 0.571. The van der Waals surface area contributed by atoms with E-state index in [1.54, 1.807) is 6.07 Å². The van der Waals surface area contributed by atoms with Gasteiger partial charge in [-0.25, -0.2) is 4.39 Å². The van der Waals surface area contributed by atoms with Gasteiger partial charge in [0.05, 0.1) is 7.11 Å². The summed E-state index contributed by atoms with van der Waals surface area (Å²) in [7, 11) is 1.47. The monoisotopic (exact) mass is 269 g/mol. The molecular formula is C14H20FNOS. The number of thioether (sulfide) groups is 1. The van der Waals surface area contributed by atoms with Crippen molar-refractivity contribution < 1.29 is 9.13 Å². The first-order chi connectivity index (χ1) is 8.70. The molecule has 1 aliphatic heterocycles. The maximum absolute atomic E-state index is 13.6. The summed E-state index contributed by atoms with van der Waals surface area (Å²) in [4.78, 5) is 0. The van der Waals surface area contributed by atoms with Crippen LogP contribution < -0.4 is 10.5 Å². The molecule has 0 aromatic heterocycles. The molecule has 2 rings (SSSR count). The zero-order chi connectivity index (χ0) is 13.0. The Morgan fingerprint density at radius 2 is 2.33 bits per heavy atom. The first-order valence-corrected chi connectivity index (χ1v) is 7.45. The predicted octanol–water partition coefficient (Wildman–Crippen LogP) is 2.99. The van der Waals surface area contributed by atoms with E-state index in [1.807, 2.05) is 17.8 Å². The van der Waals surface area contributed by atoms with Gasteiger partial charge in [-0.2, -0.15) is 11.8 Å². The van der Waals surface area contributed by atoms with E-state index in [2.05, 4.69) is 0 Å². The SMILES string of the molecule is COc1ccc(CC(N)C2CCCCS2)cc1F. The number of hydrogen-bond acceptors (Lipinski definition) is 3. The molecule has 1 aliphatic rings. The summed E-state index contributed by atoms with van der Waals surface area (Å²) in [6.07, 6.45) is 4.48. The van der Waals surface area contributed by atoms with Crippen LogP contribution >= 0.6 is 11.8 Å². The van der Waals surface area contributed by atoms with Crippen LogP contribution in [0.3, 0.4) is 0 Å². The second-order valence-corrected chi connectivity index (χ2v) is 6.09. The van der Waals surface area contributed by atoms with Crippen LogP contribution in [0.2, 0.25) is 0 Å². The summed E-state index contributed by atoms with van der Waals surface area (Å²) >= 11 is 1.96. The highest BCUT2D eigenvalue weighted by atomic mass is 32.2. The van der Waals surface area contributed by atoms with Crippen molar-refractivity contribution in [1.29, 1.82) is 0 Å². The number of rotatable bonds is 4. The van der Waals surface area contributed by atoms with Crippen LogP contribution in [0, 0.1) is 5.82 Å². The van der Waals surface area contributed by atoms with Gasteiger partial charge in [-0.15, -0.1) is 0 Å². The molecular weight excluding hydrogens is 249 g/mol. The molecule has 2 unspecified atom stereocenters. The molecule has 2 N–H and O–H groups in total. The number of hydrogen-bond donors (Lipinski definition) is 1. The molecule has 0 radical (unpaired) electrons. The maximum atomic E-state index is 13.6. The molecule has 2 atom stereocenters. The van der Waals surface area contributed by atoms with Gasteiger partial charge in [0.1, 0.15) is 0 Å². The highest BCUT2D eigenvalue weighted by molar-refractivity contribution is 8.00. The van der Waals surface area contributed by atoms with Crippen LogP contribution in [0.1, 0.15) is 24.8 Å². The lowest BCUT2D eigenvalue weighted by Crippen LogP contribution is -2.36. The van der Waals surface area contributed by atoms with Gasteiger partial charge >= 0.3 is 0 Å². The summed E-state index contributed by atoms with van der Waals surface area (Å²) in [5.74, 6) is 1.19. The zero-order valence-electron chi connectivity index (χ0n) is 10.7. The molecule has 18 heavy (non-hydrogen) atoms. The highest BCUT2D eigenvalue weighted by Crippen LogP contribution is 2.28. The van der Waals surface area contributed by atoms with Crippen molar-refractivity contribution in [3.05, 3.63) is 29.6 Å². The van der Waals surface area contributed by atoms with Crippen LogP contribution in [-0.4, -0.2) is 24.2 Å². The lowest BCUT2D eigenvalue weighted by atomic mass is 10.00. The van der Waals surface area contributed by atoms with Gasteiger partial charge < -0.3 is 10.5 Å². The Kier molecular flexibility index (Phi) is 4.89. The van der Waals surface area contributed by atoms with Gasteiger partial charge in [0.25, 0.3) is 0 Å². The Labute approximate surface area is 112 Å². The van der Waals surface area contributed by atoms with E-state index in [1.165, 1.54) is 38.2 Å². The Morgan fingerprint density at radius 3 is 2.94 bits per heavy atom. The van der Waals surface area contributed by atoms with E-state index >= 15 is 0 Å². The van der Waals surface area contributed by atoms with E-state index < -0.39 is 0 Å². The quantitative estimate of drug-likeness (QED) is 0.912. The van der Waals surface area contributed by atoms with Crippen molar-refractivity contribution in [2.24, 2.45) is 5.73 Å². The van der Waals surface area contributed by atoms with Crippen LogP contribution in [0.25, 0.3) is 0 Å². The van der Waals surface area contributed by atoms with Crippen molar-refractivity contribution in [1.82, 2.24) is 0 Å². The molecule has 0 bridgehead atoms. The summed E-state index contributed by atoms with van der Waals surface area (Å²) in [6, 6.07) is 5.22. The number of methoxy groups -OCH3 is 1. The van der Waals surface area contributed by atoms with E-state index in [0.717, 1.165) is 12.0 Å². The Bertz CT molecular complexity index is 393. The fourth-order valence-corrected chi connectivity index (χ4v) is 3.69.